The SMILES string of the molecule is Fc1ccc(C2=CC(Cl)CCCC2)c(F)c1F. The molecule has 4 heteroatoms. The van der Waals surface area contributed by atoms with E-state index in [4.69, 9.17) is 11.6 Å². The highest BCUT2D eigenvalue weighted by Crippen LogP contribution is 2.30. The van der Waals surface area contributed by atoms with E-state index in [0.717, 1.165) is 25.3 Å². The maximum atomic E-state index is 13.6. The Labute approximate surface area is 103 Å². The van der Waals surface area contributed by atoms with Gasteiger partial charge in [0.05, 0.1) is 5.38 Å². The Morgan fingerprint density at radius 2 is 1.82 bits per heavy atom. The maximum absolute atomic E-state index is 13.6. The van der Waals surface area contributed by atoms with Crippen LogP contribution in [0.15, 0.2) is 18.2 Å². The molecule has 17 heavy (non-hydrogen) atoms. The highest BCUT2D eigenvalue weighted by Gasteiger charge is 2.18. The zero-order valence-electron chi connectivity index (χ0n) is 9.15. The molecule has 0 spiro atoms. The molecule has 92 valence electrons. The van der Waals surface area contributed by atoms with E-state index < -0.39 is 17.5 Å². The molecule has 0 N–H and O–H groups in total. The fourth-order valence-electron chi connectivity index (χ4n) is 2.04. The number of allylic oxidation sites excluding steroid dienone is 2. The predicted molar refractivity (Wildman–Crippen MR) is 62.4 cm³/mol. The maximum Gasteiger partial charge on any atom is 0.195 e. The van der Waals surface area contributed by atoms with Crippen molar-refractivity contribution in [3.05, 3.63) is 41.2 Å². The summed E-state index contributed by atoms with van der Waals surface area (Å²) in [5.41, 5.74) is 0.787. The third kappa shape index (κ3) is 2.65. The van der Waals surface area contributed by atoms with E-state index in [0.29, 0.717) is 12.0 Å². The van der Waals surface area contributed by atoms with Gasteiger partial charge in [-0.25, -0.2) is 13.2 Å². The molecule has 0 saturated carbocycles. The molecule has 1 atom stereocenters. The highest BCUT2D eigenvalue weighted by atomic mass is 35.5. The third-order valence-electron chi connectivity index (χ3n) is 2.94. The van der Waals surface area contributed by atoms with Crippen molar-refractivity contribution in [3.8, 4) is 0 Å². The van der Waals surface area contributed by atoms with E-state index in [9.17, 15) is 13.2 Å². The van der Waals surface area contributed by atoms with E-state index in [-0.39, 0.29) is 10.9 Å². The van der Waals surface area contributed by atoms with Gasteiger partial charge in [-0.15, -0.1) is 11.6 Å². The molecule has 1 aliphatic carbocycles. The average Bonchev–Trinajstić information content (AvgIpc) is 2.51. The van der Waals surface area contributed by atoms with Crippen LogP contribution in [0.4, 0.5) is 13.2 Å². The quantitative estimate of drug-likeness (QED) is 0.508. The first-order chi connectivity index (χ1) is 8.09. The van der Waals surface area contributed by atoms with E-state index in [1.807, 2.05) is 0 Å². The number of hydrogen-bond donors (Lipinski definition) is 0. The van der Waals surface area contributed by atoms with Crippen LogP contribution in [0, 0.1) is 17.5 Å². The topological polar surface area (TPSA) is 0 Å². The van der Waals surface area contributed by atoms with Gasteiger partial charge in [-0.2, -0.15) is 0 Å². The molecule has 2 rings (SSSR count). The summed E-state index contributed by atoms with van der Waals surface area (Å²) in [5, 5.41) is -0.167. The van der Waals surface area contributed by atoms with Crippen molar-refractivity contribution in [1.29, 1.82) is 0 Å². The van der Waals surface area contributed by atoms with Crippen LogP contribution in [0.5, 0.6) is 0 Å². The van der Waals surface area contributed by atoms with Crippen molar-refractivity contribution >= 4 is 17.2 Å². The summed E-state index contributed by atoms with van der Waals surface area (Å²) in [6.07, 6.45) is 5.05. The van der Waals surface area contributed by atoms with Gasteiger partial charge in [0, 0.05) is 5.56 Å². The van der Waals surface area contributed by atoms with E-state index in [2.05, 4.69) is 0 Å². The molecular formula is C13H12ClF3. The van der Waals surface area contributed by atoms with Crippen LogP contribution in [0.3, 0.4) is 0 Å². The lowest BCUT2D eigenvalue weighted by molar-refractivity contribution is 0.445. The second-order valence-corrected chi connectivity index (χ2v) is 4.74. The van der Waals surface area contributed by atoms with Gasteiger partial charge in [-0.1, -0.05) is 12.5 Å². The molecule has 1 aliphatic rings. The summed E-state index contributed by atoms with van der Waals surface area (Å²) in [5.74, 6) is -3.70. The zero-order chi connectivity index (χ0) is 12.4. The van der Waals surface area contributed by atoms with Crippen LogP contribution in [-0.2, 0) is 0 Å². The van der Waals surface area contributed by atoms with Gasteiger partial charge in [-0.05, 0) is 37.0 Å². The minimum absolute atomic E-state index is 0.122. The predicted octanol–water partition coefficient (Wildman–Crippen LogP) is 4.67. The Kier molecular flexibility index (Phi) is 3.77. The minimum atomic E-state index is -1.42. The van der Waals surface area contributed by atoms with Crippen LogP contribution in [0.1, 0.15) is 31.2 Å². The number of hydrogen-bond acceptors (Lipinski definition) is 0. The molecule has 0 aromatic heterocycles. The first-order valence-corrected chi connectivity index (χ1v) is 6.02. The lowest BCUT2D eigenvalue weighted by Gasteiger charge is -2.08. The van der Waals surface area contributed by atoms with Gasteiger partial charge in [0.2, 0.25) is 0 Å². The van der Waals surface area contributed by atoms with Crippen LogP contribution in [0.25, 0.3) is 5.57 Å². The van der Waals surface area contributed by atoms with Crippen molar-refractivity contribution in [2.45, 2.75) is 31.1 Å². The molecule has 1 aromatic carbocycles. The van der Waals surface area contributed by atoms with Crippen LogP contribution in [-0.4, -0.2) is 5.38 Å². The fraction of sp³-hybridized carbons (Fsp3) is 0.385. The van der Waals surface area contributed by atoms with Gasteiger partial charge < -0.3 is 0 Å². The lowest BCUT2D eigenvalue weighted by atomic mass is 10.0. The van der Waals surface area contributed by atoms with Gasteiger partial charge in [-0.3, -0.25) is 0 Å². The summed E-state index contributed by atoms with van der Waals surface area (Å²) >= 11 is 6.02. The second-order valence-electron chi connectivity index (χ2n) is 4.18. The van der Waals surface area contributed by atoms with Crippen molar-refractivity contribution in [3.63, 3.8) is 0 Å². The number of benzene rings is 1. The first kappa shape index (κ1) is 12.5. The minimum Gasteiger partial charge on any atom is -0.204 e. The number of alkyl halides is 1. The van der Waals surface area contributed by atoms with Gasteiger partial charge in [0.15, 0.2) is 17.5 Å². The number of rotatable bonds is 1. The Morgan fingerprint density at radius 1 is 1.06 bits per heavy atom. The van der Waals surface area contributed by atoms with Crippen LogP contribution < -0.4 is 0 Å². The van der Waals surface area contributed by atoms with Crippen LogP contribution in [0.2, 0.25) is 0 Å². The van der Waals surface area contributed by atoms with Gasteiger partial charge in [0.1, 0.15) is 0 Å². The van der Waals surface area contributed by atoms with Crippen molar-refractivity contribution in [2.75, 3.05) is 0 Å². The van der Waals surface area contributed by atoms with E-state index in [1.165, 1.54) is 6.07 Å². The summed E-state index contributed by atoms with van der Waals surface area (Å²) in [6, 6.07) is 2.22. The number of halogens is 4. The van der Waals surface area contributed by atoms with Gasteiger partial charge >= 0.3 is 0 Å². The molecule has 0 nitrogen and oxygen atoms in total. The Balaban J connectivity index is 2.42. The molecule has 0 radical (unpaired) electrons. The Bertz CT molecular complexity index is 454. The summed E-state index contributed by atoms with van der Waals surface area (Å²) in [7, 11) is 0. The molecule has 0 aliphatic heterocycles. The molecular weight excluding hydrogens is 249 g/mol. The molecule has 0 fully saturated rings. The van der Waals surface area contributed by atoms with Crippen molar-refractivity contribution < 1.29 is 13.2 Å². The van der Waals surface area contributed by atoms with Crippen LogP contribution >= 0.6 is 11.6 Å². The fourth-order valence-corrected chi connectivity index (χ4v) is 2.34. The Morgan fingerprint density at radius 3 is 2.59 bits per heavy atom. The summed E-state index contributed by atoms with van der Waals surface area (Å²) < 4.78 is 39.6. The normalized spacial score (nSPS) is 20.9. The molecule has 1 unspecified atom stereocenters. The lowest BCUT2D eigenvalue weighted by Crippen LogP contribution is -1.98. The smallest absolute Gasteiger partial charge is 0.195 e. The van der Waals surface area contributed by atoms with Gasteiger partial charge in [0.25, 0.3) is 0 Å². The van der Waals surface area contributed by atoms with Crippen molar-refractivity contribution in [1.82, 2.24) is 0 Å². The molecule has 1 aromatic rings. The monoisotopic (exact) mass is 260 g/mol. The Hall–Kier alpha value is -0.960. The molecule has 0 bridgehead atoms. The second kappa shape index (κ2) is 5.13. The standard InChI is InChI=1S/C13H12ClF3/c14-9-4-2-1-3-8(7-9)10-5-6-11(15)13(17)12(10)16/h5-7,9H,1-4H2. The summed E-state index contributed by atoms with van der Waals surface area (Å²) in [4.78, 5) is 0. The molecule has 0 amide bonds. The van der Waals surface area contributed by atoms with E-state index >= 15 is 0 Å². The first-order valence-electron chi connectivity index (χ1n) is 5.58. The third-order valence-corrected chi connectivity index (χ3v) is 3.28. The summed E-state index contributed by atoms with van der Waals surface area (Å²) in [6.45, 7) is 0. The molecule has 0 heterocycles. The van der Waals surface area contributed by atoms with E-state index in [1.54, 1.807) is 6.08 Å². The largest absolute Gasteiger partial charge is 0.204 e. The highest BCUT2D eigenvalue weighted by molar-refractivity contribution is 6.22. The molecule has 0 saturated heterocycles. The average molecular weight is 261 g/mol. The zero-order valence-corrected chi connectivity index (χ0v) is 9.91. The van der Waals surface area contributed by atoms with Crippen molar-refractivity contribution in [2.24, 2.45) is 0 Å².